The Balaban J connectivity index is 1.76. The number of carbonyl (C=O) groups excluding carboxylic acids is 1. The summed E-state index contributed by atoms with van der Waals surface area (Å²) in [5.41, 5.74) is 0.544. The standard InChI is InChI=1S/C19H17ClN2O4S/c1-22(13-15-6-5-11-26-15)19(23)17-10-9-14(12-18(17)20)21-27(24,25)16-7-3-2-4-8-16/h2-12,21H,13H2,1H3. The third-order valence-corrected chi connectivity index (χ3v) is 5.53. The fourth-order valence-electron chi connectivity index (χ4n) is 2.48. The molecule has 2 aromatic carbocycles. The Labute approximate surface area is 162 Å². The van der Waals surface area contributed by atoms with E-state index in [0.29, 0.717) is 12.3 Å². The van der Waals surface area contributed by atoms with Crippen LogP contribution in [0, 0.1) is 0 Å². The Kier molecular flexibility index (Phi) is 5.53. The number of benzene rings is 2. The number of nitrogens with zero attached hydrogens (tertiary/aromatic N) is 1. The van der Waals surface area contributed by atoms with E-state index < -0.39 is 10.0 Å². The third-order valence-electron chi connectivity index (χ3n) is 3.83. The van der Waals surface area contributed by atoms with Gasteiger partial charge in [0.25, 0.3) is 15.9 Å². The fourth-order valence-corrected chi connectivity index (χ4v) is 3.81. The highest BCUT2D eigenvalue weighted by atomic mass is 35.5. The summed E-state index contributed by atoms with van der Waals surface area (Å²) in [5, 5.41) is 0.152. The van der Waals surface area contributed by atoms with Crippen LogP contribution < -0.4 is 4.72 Å². The van der Waals surface area contributed by atoms with Crippen LogP contribution in [0.1, 0.15) is 16.1 Å². The molecule has 0 atom stereocenters. The van der Waals surface area contributed by atoms with Crippen LogP contribution in [0.4, 0.5) is 5.69 Å². The quantitative estimate of drug-likeness (QED) is 0.673. The molecule has 3 rings (SSSR count). The number of sulfonamides is 1. The van der Waals surface area contributed by atoms with Crippen molar-refractivity contribution in [3.8, 4) is 0 Å². The number of anilines is 1. The summed E-state index contributed by atoms with van der Waals surface area (Å²) < 4.78 is 32.4. The highest BCUT2D eigenvalue weighted by Gasteiger charge is 2.18. The molecule has 6 nitrogen and oxygen atoms in total. The van der Waals surface area contributed by atoms with Gasteiger partial charge in [-0.3, -0.25) is 9.52 Å². The van der Waals surface area contributed by atoms with E-state index in [2.05, 4.69) is 4.72 Å². The van der Waals surface area contributed by atoms with Crippen molar-refractivity contribution >= 4 is 33.2 Å². The number of amides is 1. The molecule has 0 fully saturated rings. The number of nitrogens with one attached hydrogen (secondary N) is 1. The molecule has 0 saturated carbocycles. The first-order valence-electron chi connectivity index (χ1n) is 8.02. The molecule has 0 aliphatic rings. The molecule has 27 heavy (non-hydrogen) atoms. The second-order valence-corrected chi connectivity index (χ2v) is 7.94. The maximum Gasteiger partial charge on any atom is 0.261 e. The minimum atomic E-state index is -3.73. The largest absolute Gasteiger partial charge is 0.467 e. The average Bonchev–Trinajstić information content (AvgIpc) is 3.15. The molecule has 0 saturated heterocycles. The van der Waals surface area contributed by atoms with Crippen molar-refractivity contribution in [1.82, 2.24) is 4.90 Å². The Morgan fingerprint density at radius 2 is 1.85 bits per heavy atom. The van der Waals surface area contributed by atoms with Gasteiger partial charge in [-0.2, -0.15) is 0 Å². The van der Waals surface area contributed by atoms with E-state index in [4.69, 9.17) is 16.0 Å². The highest BCUT2D eigenvalue weighted by Crippen LogP contribution is 2.24. The van der Waals surface area contributed by atoms with E-state index >= 15 is 0 Å². The zero-order chi connectivity index (χ0) is 19.4. The zero-order valence-corrected chi connectivity index (χ0v) is 16.0. The SMILES string of the molecule is CN(Cc1ccco1)C(=O)c1ccc(NS(=O)(=O)c2ccccc2)cc1Cl. The van der Waals surface area contributed by atoms with Gasteiger partial charge in [-0.1, -0.05) is 29.8 Å². The molecule has 0 bridgehead atoms. The average molecular weight is 405 g/mol. The van der Waals surface area contributed by atoms with Crippen LogP contribution in [0.2, 0.25) is 5.02 Å². The van der Waals surface area contributed by atoms with Crippen LogP contribution in [0.15, 0.2) is 76.2 Å². The lowest BCUT2D eigenvalue weighted by Crippen LogP contribution is -2.26. The summed E-state index contributed by atoms with van der Waals surface area (Å²) in [6.45, 7) is 0.296. The fraction of sp³-hybridized carbons (Fsp3) is 0.105. The van der Waals surface area contributed by atoms with Crippen LogP contribution in [0.25, 0.3) is 0 Å². The first-order chi connectivity index (χ1) is 12.9. The van der Waals surface area contributed by atoms with Gasteiger partial charge < -0.3 is 9.32 Å². The minimum Gasteiger partial charge on any atom is -0.467 e. The van der Waals surface area contributed by atoms with Gasteiger partial charge in [0.2, 0.25) is 0 Å². The smallest absolute Gasteiger partial charge is 0.261 e. The summed E-state index contributed by atoms with van der Waals surface area (Å²) in [6, 6.07) is 15.9. The molecule has 0 aliphatic heterocycles. The van der Waals surface area contributed by atoms with Crippen LogP contribution in [-0.2, 0) is 16.6 Å². The number of rotatable bonds is 6. The van der Waals surface area contributed by atoms with Crippen LogP contribution in [0.3, 0.4) is 0 Å². The molecule has 1 heterocycles. The van der Waals surface area contributed by atoms with Gasteiger partial charge >= 0.3 is 0 Å². The van der Waals surface area contributed by atoms with Crippen molar-refractivity contribution in [1.29, 1.82) is 0 Å². The molecule has 140 valence electrons. The van der Waals surface area contributed by atoms with Crippen molar-refractivity contribution < 1.29 is 17.6 Å². The molecule has 1 amide bonds. The first-order valence-corrected chi connectivity index (χ1v) is 9.88. The lowest BCUT2D eigenvalue weighted by molar-refractivity contribution is 0.0775. The van der Waals surface area contributed by atoms with E-state index in [1.165, 1.54) is 41.5 Å². The van der Waals surface area contributed by atoms with Gasteiger partial charge in [-0.05, 0) is 42.5 Å². The highest BCUT2D eigenvalue weighted by molar-refractivity contribution is 7.92. The Morgan fingerprint density at radius 1 is 1.11 bits per heavy atom. The number of furan rings is 1. The summed E-state index contributed by atoms with van der Waals surface area (Å²) in [6.07, 6.45) is 1.54. The Morgan fingerprint density at radius 3 is 2.48 bits per heavy atom. The monoisotopic (exact) mass is 404 g/mol. The van der Waals surface area contributed by atoms with Crippen molar-refractivity contribution in [3.63, 3.8) is 0 Å². The Bertz CT molecular complexity index is 1030. The number of hydrogen-bond donors (Lipinski definition) is 1. The topological polar surface area (TPSA) is 79.6 Å². The normalized spacial score (nSPS) is 11.2. The van der Waals surface area contributed by atoms with E-state index in [1.807, 2.05) is 0 Å². The molecule has 1 N–H and O–H groups in total. The predicted octanol–water partition coefficient (Wildman–Crippen LogP) is 4.01. The zero-order valence-electron chi connectivity index (χ0n) is 14.4. The summed E-state index contributed by atoms with van der Waals surface area (Å²) >= 11 is 6.22. The molecule has 0 aliphatic carbocycles. The Hall–Kier alpha value is -2.77. The molecular formula is C19H17ClN2O4S. The van der Waals surface area contributed by atoms with E-state index in [1.54, 1.807) is 37.4 Å². The van der Waals surface area contributed by atoms with Crippen LogP contribution in [0.5, 0.6) is 0 Å². The minimum absolute atomic E-state index is 0.138. The van der Waals surface area contributed by atoms with E-state index in [9.17, 15) is 13.2 Å². The first kappa shape index (κ1) is 19.0. The number of carbonyl (C=O) groups is 1. The molecule has 0 unspecified atom stereocenters. The summed E-state index contributed by atoms with van der Waals surface area (Å²) in [4.78, 5) is 14.2. The molecule has 3 aromatic rings. The van der Waals surface area contributed by atoms with Crippen LogP contribution in [-0.4, -0.2) is 26.3 Å². The van der Waals surface area contributed by atoms with Crippen LogP contribution >= 0.6 is 11.6 Å². The van der Waals surface area contributed by atoms with E-state index in [-0.39, 0.29) is 27.1 Å². The lowest BCUT2D eigenvalue weighted by Gasteiger charge is -2.17. The van der Waals surface area contributed by atoms with Crippen molar-refractivity contribution in [2.24, 2.45) is 0 Å². The van der Waals surface area contributed by atoms with Gasteiger partial charge in [0.15, 0.2) is 0 Å². The van der Waals surface area contributed by atoms with Crippen molar-refractivity contribution in [2.75, 3.05) is 11.8 Å². The van der Waals surface area contributed by atoms with E-state index in [0.717, 1.165) is 0 Å². The predicted molar refractivity (Wildman–Crippen MR) is 103 cm³/mol. The lowest BCUT2D eigenvalue weighted by atomic mass is 10.2. The maximum absolute atomic E-state index is 12.6. The van der Waals surface area contributed by atoms with Gasteiger partial charge in [-0.25, -0.2) is 8.42 Å². The number of hydrogen-bond acceptors (Lipinski definition) is 4. The molecule has 1 aromatic heterocycles. The van der Waals surface area contributed by atoms with Gasteiger partial charge in [0, 0.05) is 7.05 Å². The van der Waals surface area contributed by atoms with Gasteiger partial charge in [-0.15, -0.1) is 0 Å². The molecule has 8 heteroatoms. The molecular weight excluding hydrogens is 388 g/mol. The second kappa shape index (κ2) is 7.85. The van der Waals surface area contributed by atoms with Crippen molar-refractivity contribution in [2.45, 2.75) is 11.4 Å². The summed E-state index contributed by atoms with van der Waals surface area (Å²) in [5.74, 6) is 0.350. The van der Waals surface area contributed by atoms with Gasteiger partial charge in [0.05, 0.1) is 34.0 Å². The third kappa shape index (κ3) is 4.50. The summed E-state index contributed by atoms with van der Waals surface area (Å²) in [7, 11) is -2.10. The van der Waals surface area contributed by atoms with Gasteiger partial charge in [0.1, 0.15) is 5.76 Å². The van der Waals surface area contributed by atoms with Crippen molar-refractivity contribution in [3.05, 3.63) is 83.3 Å². The molecule has 0 radical (unpaired) electrons. The molecule has 0 spiro atoms. The number of halogens is 1. The second-order valence-electron chi connectivity index (χ2n) is 5.85. The maximum atomic E-state index is 12.6.